The van der Waals surface area contributed by atoms with Crippen molar-refractivity contribution in [3.8, 4) is 0 Å². The molecule has 8 heteroatoms. The molecule has 0 radical (unpaired) electrons. The van der Waals surface area contributed by atoms with E-state index in [1.165, 1.54) is 16.6 Å². The third-order valence-corrected chi connectivity index (χ3v) is 6.31. The highest BCUT2D eigenvalue weighted by Gasteiger charge is 2.26. The van der Waals surface area contributed by atoms with Crippen molar-refractivity contribution in [3.05, 3.63) is 22.4 Å². The van der Waals surface area contributed by atoms with Crippen molar-refractivity contribution < 1.29 is 8.42 Å². The molecule has 0 aliphatic carbocycles. The van der Waals surface area contributed by atoms with Gasteiger partial charge in [-0.1, -0.05) is 23.2 Å². The number of hydrogen-bond acceptors (Lipinski definition) is 4. The van der Waals surface area contributed by atoms with Gasteiger partial charge < -0.3 is 4.90 Å². The van der Waals surface area contributed by atoms with Gasteiger partial charge in [0.25, 0.3) is 0 Å². The zero-order chi connectivity index (χ0) is 15.6. The SMILES string of the molecule is CN1CCC(CN(C)S(=O)(=O)c2cnc(Cl)c(Cl)c2)CC1. The van der Waals surface area contributed by atoms with Crippen molar-refractivity contribution in [2.24, 2.45) is 5.92 Å². The minimum Gasteiger partial charge on any atom is -0.306 e. The molecule has 2 heterocycles. The summed E-state index contributed by atoms with van der Waals surface area (Å²) in [4.78, 5) is 6.14. The van der Waals surface area contributed by atoms with E-state index in [1.54, 1.807) is 7.05 Å². The molecule has 1 aliphatic rings. The molecule has 0 N–H and O–H groups in total. The highest BCUT2D eigenvalue weighted by Crippen LogP contribution is 2.25. The summed E-state index contributed by atoms with van der Waals surface area (Å²) in [6, 6.07) is 1.34. The highest BCUT2D eigenvalue weighted by atomic mass is 35.5. The normalized spacial score (nSPS) is 18.3. The zero-order valence-electron chi connectivity index (χ0n) is 12.1. The van der Waals surface area contributed by atoms with Gasteiger partial charge in [-0.3, -0.25) is 0 Å². The molecular formula is C13H19Cl2N3O2S. The van der Waals surface area contributed by atoms with E-state index in [0.717, 1.165) is 25.9 Å². The minimum absolute atomic E-state index is 0.0762. The molecule has 1 aromatic heterocycles. The van der Waals surface area contributed by atoms with Crippen LogP contribution in [-0.4, -0.2) is 56.3 Å². The molecule has 0 unspecified atom stereocenters. The van der Waals surface area contributed by atoms with Crippen LogP contribution in [0.1, 0.15) is 12.8 Å². The van der Waals surface area contributed by atoms with E-state index in [-0.39, 0.29) is 15.1 Å². The number of sulfonamides is 1. The van der Waals surface area contributed by atoms with Gasteiger partial charge in [0, 0.05) is 19.8 Å². The van der Waals surface area contributed by atoms with E-state index in [1.807, 2.05) is 0 Å². The molecule has 0 bridgehead atoms. The first-order valence-corrected chi connectivity index (χ1v) is 8.96. The average Bonchev–Trinajstić information content (AvgIpc) is 2.44. The summed E-state index contributed by atoms with van der Waals surface area (Å²) < 4.78 is 26.4. The second-order valence-corrected chi connectivity index (χ2v) is 8.29. The highest BCUT2D eigenvalue weighted by molar-refractivity contribution is 7.89. The number of hydrogen-bond donors (Lipinski definition) is 0. The smallest absolute Gasteiger partial charge is 0.244 e. The molecule has 1 aromatic rings. The monoisotopic (exact) mass is 351 g/mol. The number of aromatic nitrogens is 1. The minimum atomic E-state index is -3.58. The van der Waals surface area contributed by atoms with Crippen LogP contribution >= 0.6 is 23.2 Å². The molecule has 1 fully saturated rings. The molecule has 118 valence electrons. The summed E-state index contributed by atoms with van der Waals surface area (Å²) in [6.45, 7) is 2.52. The lowest BCUT2D eigenvalue weighted by Crippen LogP contribution is -2.38. The molecule has 1 saturated heterocycles. The van der Waals surface area contributed by atoms with E-state index in [4.69, 9.17) is 23.2 Å². The van der Waals surface area contributed by atoms with Crippen molar-refractivity contribution in [2.75, 3.05) is 33.7 Å². The van der Waals surface area contributed by atoms with E-state index in [2.05, 4.69) is 16.9 Å². The fourth-order valence-electron chi connectivity index (χ4n) is 2.43. The molecule has 0 aromatic carbocycles. The summed E-state index contributed by atoms with van der Waals surface area (Å²) in [5, 5.41) is 0.249. The maximum absolute atomic E-state index is 12.5. The molecule has 21 heavy (non-hydrogen) atoms. The Balaban J connectivity index is 2.09. The largest absolute Gasteiger partial charge is 0.306 e. The van der Waals surface area contributed by atoms with Crippen LogP contribution in [0.25, 0.3) is 0 Å². The van der Waals surface area contributed by atoms with Gasteiger partial charge in [0.1, 0.15) is 10.0 Å². The van der Waals surface area contributed by atoms with Crippen LogP contribution < -0.4 is 0 Å². The lowest BCUT2D eigenvalue weighted by Gasteiger charge is -2.31. The Kier molecular flexibility index (Phi) is 5.48. The topological polar surface area (TPSA) is 53.5 Å². The average molecular weight is 352 g/mol. The van der Waals surface area contributed by atoms with Gasteiger partial charge in [-0.2, -0.15) is 0 Å². The Morgan fingerprint density at radius 3 is 2.57 bits per heavy atom. The number of nitrogens with zero attached hydrogens (tertiary/aromatic N) is 3. The molecule has 0 amide bonds. The number of piperidine rings is 1. The van der Waals surface area contributed by atoms with E-state index >= 15 is 0 Å². The van der Waals surface area contributed by atoms with Crippen LogP contribution in [0, 0.1) is 5.92 Å². The van der Waals surface area contributed by atoms with Crippen LogP contribution in [0.5, 0.6) is 0 Å². The van der Waals surface area contributed by atoms with Crippen molar-refractivity contribution in [2.45, 2.75) is 17.7 Å². The Labute approximate surface area is 135 Å². The number of halogens is 2. The lowest BCUT2D eigenvalue weighted by atomic mass is 9.97. The van der Waals surface area contributed by atoms with Gasteiger partial charge in [0.2, 0.25) is 10.0 Å². The van der Waals surface area contributed by atoms with Crippen LogP contribution in [0.4, 0.5) is 0 Å². The summed E-state index contributed by atoms with van der Waals surface area (Å²) in [6.07, 6.45) is 3.26. The molecule has 0 spiro atoms. The maximum Gasteiger partial charge on any atom is 0.244 e. The fourth-order valence-corrected chi connectivity index (χ4v) is 3.99. The first kappa shape index (κ1) is 17.0. The maximum atomic E-state index is 12.5. The van der Waals surface area contributed by atoms with Gasteiger partial charge in [-0.15, -0.1) is 0 Å². The first-order chi connectivity index (χ1) is 9.80. The van der Waals surface area contributed by atoms with E-state index in [0.29, 0.717) is 12.5 Å². The molecular weight excluding hydrogens is 333 g/mol. The van der Waals surface area contributed by atoms with Crippen molar-refractivity contribution in [1.29, 1.82) is 0 Å². The van der Waals surface area contributed by atoms with Crippen LogP contribution in [0.2, 0.25) is 10.2 Å². The Morgan fingerprint density at radius 1 is 1.38 bits per heavy atom. The quantitative estimate of drug-likeness (QED) is 0.781. The Hall–Kier alpha value is -0.400. The van der Waals surface area contributed by atoms with E-state index < -0.39 is 10.0 Å². The fraction of sp³-hybridized carbons (Fsp3) is 0.615. The van der Waals surface area contributed by atoms with Crippen molar-refractivity contribution in [1.82, 2.24) is 14.2 Å². The predicted molar refractivity (Wildman–Crippen MR) is 84.3 cm³/mol. The van der Waals surface area contributed by atoms with Crippen molar-refractivity contribution in [3.63, 3.8) is 0 Å². The van der Waals surface area contributed by atoms with Gasteiger partial charge in [0.15, 0.2) is 0 Å². The molecule has 2 rings (SSSR count). The third kappa shape index (κ3) is 4.07. The lowest BCUT2D eigenvalue weighted by molar-refractivity contribution is 0.202. The van der Waals surface area contributed by atoms with Crippen LogP contribution in [-0.2, 0) is 10.0 Å². The van der Waals surface area contributed by atoms with Crippen LogP contribution in [0.3, 0.4) is 0 Å². The predicted octanol–water partition coefficient (Wildman–Crippen LogP) is 2.35. The molecule has 5 nitrogen and oxygen atoms in total. The standard InChI is InChI=1S/C13H19Cl2N3O2S/c1-17-5-3-10(4-6-17)9-18(2)21(19,20)11-7-12(14)13(15)16-8-11/h7-8,10H,3-6,9H2,1-2H3. The van der Waals surface area contributed by atoms with Crippen molar-refractivity contribution >= 4 is 33.2 Å². The number of pyridine rings is 1. The Bertz CT molecular complexity index is 601. The number of rotatable bonds is 4. The summed E-state index contributed by atoms with van der Waals surface area (Å²) >= 11 is 11.6. The molecule has 0 saturated carbocycles. The van der Waals surface area contributed by atoms with Crippen LogP contribution in [0.15, 0.2) is 17.2 Å². The zero-order valence-corrected chi connectivity index (χ0v) is 14.4. The van der Waals surface area contributed by atoms with E-state index in [9.17, 15) is 8.42 Å². The third-order valence-electron chi connectivity index (χ3n) is 3.83. The summed E-state index contributed by atoms with van der Waals surface area (Å²) in [5.74, 6) is 0.386. The van der Waals surface area contributed by atoms with Gasteiger partial charge in [-0.05, 0) is 45.0 Å². The first-order valence-electron chi connectivity index (χ1n) is 6.76. The second kappa shape index (κ2) is 6.79. The summed E-state index contributed by atoms with van der Waals surface area (Å²) in [5.41, 5.74) is 0. The van der Waals surface area contributed by atoms with Gasteiger partial charge >= 0.3 is 0 Å². The number of likely N-dealkylation sites (tertiary alicyclic amines) is 1. The van der Waals surface area contributed by atoms with Gasteiger partial charge in [-0.25, -0.2) is 17.7 Å². The molecule has 0 atom stereocenters. The molecule has 1 aliphatic heterocycles. The second-order valence-electron chi connectivity index (χ2n) is 5.48. The summed E-state index contributed by atoms with van der Waals surface area (Å²) in [7, 11) is 0.0978. The van der Waals surface area contributed by atoms with Gasteiger partial charge in [0.05, 0.1) is 5.02 Å². The Morgan fingerprint density at radius 2 is 2.00 bits per heavy atom.